The van der Waals surface area contributed by atoms with Gasteiger partial charge in [0, 0.05) is 16.9 Å². The van der Waals surface area contributed by atoms with Crippen molar-refractivity contribution < 1.29 is 9.18 Å². The van der Waals surface area contributed by atoms with Gasteiger partial charge in [-0.3, -0.25) is 4.79 Å². The van der Waals surface area contributed by atoms with Crippen LogP contribution in [0.5, 0.6) is 0 Å². The van der Waals surface area contributed by atoms with Gasteiger partial charge in [0.2, 0.25) is 0 Å². The van der Waals surface area contributed by atoms with Crippen LogP contribution in [0.3, 0.4) is 0 Å². The van der Waals surface area contributed by atoms with E-state index in [9.17, 15) is 9.18 Å². The van der Waals surface area contributed by atoms with Crippen LogP contribution in [0, 0.1) is 35.4 Å². The summed E-state index contributed by atoms with van der Waals surface area (Å²) in [6, 6.07) is 10.5. The summed E-state index contributed by atoms with van der Waals surface area (Å²) >= 11 is 0. The minimum Gasteiger partial charge on any atom is -0.294 e. The van der Waals surface area contributed by atoms with Gasteiger partial charge >= 0.3 is 0 Å². The molecule has 3 aliphatic carbocycles. The second-order valence-electron chi connectivity index (χ2n) is 7.02. The van der Waals surface area contributed by atoms with Gasteiger partial charge in [-0.1, -0.05) is 24.3 Å². The van der Waals surface area contributed by atoms with E-state index in [4.69, 9.17) is 0 Å². The van der Waals surface area contributed by atoms with Gasteiger partial charge < -0.3 is 0 Å². The maximum Gasteiger partial charge on any atom is 0.167 e. The number of hydrogen-bond acceptors (Lipinski definition) is 1. The van der Waals surface area contributed by atoms with E-state index in [0.717, 1.165) is 22.8 Å². The highest BCUT2D eigenvalue weighted by atomic mass is 19.1. The minimum atomic E-state index is -0.238. The van der Waals surface area contributed by atoms with Crippen LogP contribution in [0.2, 0.25) is 0 Å². The summed E-state index contributed by atoms with van der Waals surface area (Å²) in [5.41, 5.74) is 0.728. The van der Waals surface area contributed by atoms with Crippen molar-refractivity contribution in [3.63, 3.8) is 0 Å². The number of fused-ring (bicyclic) bond motifs is 6. The number of Topliss-reactive ketones (excluding diaryl/α,β-unsaturated/α-hetero) is 1. The average molecular weight is 280 g/mol. The van der Waals surface area contributed by atoms with E-state index in [1.165, 1.54) is 25.3 Å². The molecule has 106 valence electrons. The Balaban J connectivity index is 1.57. The smallest absolute Gasteiger partial charge is 0.167 e. The Kier molecular flexibility index (Phi) is 2.23. The van der Waals surface area contributed by atoms with E-state index < -0.39 is 0 Å². The zero-order chi connectivity index (χ0) is 14.1. The molecule has 2 bridgehead atoms. The summed E-state index contributed by atoms with van der Waals surface area (Å²) in [5.74, 6) is 3.11. The largest absolute Gasteiger partial charge is 0.294 e. The first-order chi connectivity index (χ1) is 10.3. The predicted octanol–water partition coefficient (Wildman–Crippen LogP) is 4.45. The Hall–Kier alpha value is -1.70. The SMILES string of the molecule is O=C(c1ccc(F)c2ccccc12)C1C2C3CCC(C3)C12. The molecule has 0 radical (unpaired) electrons. The Morgan fingerprint density at radius 3 is 2.33 bits per heavy atom. The quantitative estimate of drug-likeness (QED) is 0.743. The molecule has 0 saturated heterocycles. The number of ketones is 1. The van der Waals surface area contributed by atoms with Crippen LogP contribution in [0.15, 0.2) is 36.4 Å². The predicted molar refractivity (Wildman–Crippen MR) is 79.5 cm³/mol. The van der Waals surface area contributed by atoms with Crippen LogP contribution < -0.4 is 0 Å². The van der Waals surface area contributed by atoms with Crippen molar-refractivity contribution in [2.45, 2.75) is 19.3 Å². The molecule has 2 aromatic carbocycles. The molecule has 0 N–H and O–H groups in total. The first-order valence-electron chi connectivity index (χ1n) is 7.97. The van der Waals surface area contributed by atoms with E-state index in [-0.39, 0.29) is 17.5 Å². The lowest BCUT2D eigenvalue weighted by Crippen LogP contribution is -2.10. The molecule has 2 aromatic rings. The average Bonchev–Trinajstić information content (AvgIpc) is 2.95. The third kappa shape index (κ3) is 1.48. The van der Waals surface area contributed by atoms with Crippen molar-refractivity contribution in [2.24, 2.45) is 29.6 Å². The van der Waals surface area contributed by atoms with Gasteiger partial charge in [0.05, 0.1) is 0 Å². The maximum atomic E-state index is 13.9. The molecule has 4 atom stereocenters. The zero-order valence-corrected chi connectivity index (χ0v) is 11.8. The van der Waals surface area contributed by atoms with E-state index >= 15 is 0 Å². The summed E-state index contributed by atoms with van der Waals surface area (Å²) < 4.78 is 13.9. The minimum absolute atomic E-state index is 0.227. The first-order valence-corrected chi connectivity index (χ1v) is 7.97. The molecule has 21 heavy (non-hydrogen) atoms. The number of rotatable bonds is 2. The summed E-state index contributed by atoms with van der Waals surface area (Å²) in [6.07, 6.45) is 3.99. The van der Waals surface area contributed by atoms with Gasteiger partial charge in [0.25, 0.3) is 0 Å². The van der Waals surface area contributed by atoms with E-state index in [1.807, 2.05) is 18.2 Å². The lowest BCUT2D eigenvalue weighted by Gasteiger charge is -2.10. The van der Waals surface area contributed by atoms with Crippen molar-refractivity contribution in [3.05, 3.63) is 47.8 Å². The van der Waals surface area contributed by atoms with Gasteiger partial charge in [-0.25, -0.2) is 4.39 Å². The lowest BCUT2D eigenvalue weighted by molar-refractivity contribution is 0.0946. The summed E-state index contributed by atoms with van der Waals surface area (Å²) in [6.45, 7) is 0. The third-order valence-electron chi connectivity index (χ3n) is 6.17. The summed E-state index contributed by atoms with van der Waals surface area (Å²) in [4.78, 5) is 12.9. The number of carbonyl (C=O) groups excluding carboxylic acids is 1. The van der Waals surface area contributed by atoms with E-state index in [0.29, 0.717) is 17.2 Å². The van der Waals surface area contributed by atoms with Gasteiger partial charge in [-0.05, 0) is 60.5 Å². The topological polar surface area (TPSA) is 17.1 Å². The number of benzene rings is 2. The molecule has 2 heteroatoms. The van der Waals surface area contributed by atoms with Gasteiger partial charge in [-0.2, -0.15) is 0 Å². The Morgan fingerprint density at radius 1 is 0.952 bits per heavy atom. The number of hydrogen-bond donors (Lipinski definition) is 0. The molecular formula is C19H17FO. The second-order valence-corrected chi connectivity index (χ2v) is 7.02. The normalized spacial score (nSPS) is 36.0. The Labute approximate surface area is 123 Å². The van der Waals surface area contributed by atoms with Gasteiger partial charge in [0.15, 0.2) is 5.78 Å². The molecule has 0 spiro atoms. The van der Waals surface area contributed by atoms with E-state index in [2.05, 4.69) is 0 Å². The molecule has 0 heterocycles. The fourth-order valence-corrected chi connectivity index (χ4v) is 5.33. The maximum absolute atomic E-state index is 13.9. The summed E-state index contributed by atoms with van der Waals surface area (Å²) in [5, 5.41) is 1.34. The summed E-state index contributed by atoms with van der Waals surface area (Å²) in [7, 11) is 0. The fourth-order valence-electron chi connectivity index (χ4n) is 5.33. The van der Waals surface area contributed by atoms with Crippen LogP contribution in [0.4, 0.5) is 4.39 Å². The monoisotopic (exact) mass is 280 g/mol. The fraction of sp³-hybridized carbons (Fsp3) is 0.421. The Morgan fingerprint density at radius 2 is 1.62 bits per heavy atom. The van der Waals surface area contributed by atoms with Crippen molar-refractivity contribution in [2.75, 3.05) is 0 Å². The van der Waals surface area contributed by atoms with E-state index in [1.54, 1.807) is 12.1 Å². The molecule has 4 unspecified atom stereocenters. The van der Waals surface area contributed by atoms with Gasteiger partial charge in [-0.15, -0.1) is 0 Å². The Bertz CT molecular complexity index is 749. The van der Waals surface area contributed by atoms with Crippen LogP contribution in [0.25, 0.3) is 10.8 Å². The van der Waals surface area contributed by atoms with Crippen molar-refractivity contribution in [1.29, 1.82) is 0 Å². The highest BCUT2D eigenvalue weighted by molar-refractivity contribution is 6.10. The molecule has 0 aromatic heterocycles. The van der Waals surface area contributed by atoms with Crippen LogP contribution in [-0.2, 0) is 0 Å². The molecule has 3 fully saturated rings. The van der Waals surface area contributed by atoms with Gasteiger partial charge in [0.1, 0.15) is 5.82 Å². The highest BCUT2D eigenvalue weighted by Crippen LogP contribution is 2.70. The molecule has 3 aliphatic rings. The first kappa shape index (κ1) is 11.9. The lowest BCUT2D eigenvalue weighted by atomic mass is 9.93. The standard InChI is InChI=1S/C19H17FO/c20-15-8-7-14(12-3-1-2-4-13(12)15)19(21)18-16-10-5-6-11(9-10)17(16)18/h1-4,7-8,10-11,16-18H,5-6,9H2. The third-order valence-corrected chi connectivity index (χ3v) is 6.17. The number of carbonyl (C=O) groups is 1. The van der Waals surface area contributed by atoms with Crippen molar-refractivity contribution >= 4 is 16.6 Å². The zero-order valence-electron chi connectivity index (χ0n) is 11.8. The second kappa shape index (κ2) is 3.94. The van der Waals surface area contributed by atoms with Crippen LogP contribution in [0.1, 0.15) is 29.6 Å². The molecule has 1 nitrogen and oxygen atoms in total. The van der Waals surface area contributed by atoms with Crippen molar-refractivity contribution in [1.82, 2.24) is 0 Å². The highest BCUT2D eigenvalue weighted by Gasteiger charge is 2.67. The molecule has 3 saturated carbocycles. The molecular weight excluding hydrogens is 263 g/mol. The van der Waals surface area contributed by atoms with Crippen LogP contribution in [-0.4, -0.2) is 5.78 Å². The van der Waals surface area contributed by atoms with Crippen LogP contribution >= 0.6 is 0 Å². The number of halogens is 1. The molecule has 5 rings (SSSR count). The molecule has 0 amide bonds. The molecule has 0 aliphatic heterocycles. The van der Waals surface area contributed by atoms with Crippen molar-refractivity contribution in [3.8, 4) is 0 Å².